The van der Waals surface area contributed by atoms with Crippen LogP contribution in [0.4, 0.5) is 0 Å². The number of esters is 1. The van der Waals surface area contributed by atoms with Gasteiger partial charge in [0, 0.05) is 7.11 Å². The van der Waals surface area contributed by atoms with Gasteiger partial charge in [-0.05, 0) is 26.2 Å². The summed E-state index contributed by atoms with van der Waals surface area (Å²) < 4.78 is 15.5. The Kier molecular flexibility index (Phi) is 3.42. The molecule has 0 aliphatic heterocycles. The Hall–Kier alpha value is -1.43. The summed E-state index contributed by atoms with van der Waals surface area (Å²) >= 11 is 0. The SMILES string of the molecule is CCOC(=O)c1nnc(CC2(OC)CCC2)o1. The highest BCUT2D eigenvalue weighted by atomic mass is 16.5. The number of nitrogens with zero attached hydrogens (tertiary/aromatic N) is 2. The molecule has 1 heterocycles. The van der Waals surface area contributed by atoms with Crippen molar-refractivity contribution in [1.82, 2.24) is 10.2 Å². The van der Waals surface area contributed by atoms with Crippen LogP contribution < -0.4 is 0 Å². The van der Waals surface area contributed by atoms with Crippen LogP contribution in [0.15, 0.2) is 4.42 Å². The summed E-state index contributed by atoms with van der Waals surface area (Å²) in [5.41, 5.74) is -0.182. The van der Waals surface area contributed by atoms with Crippen molar-refractivity contribution < 1.29 is 18.7 Å². The molecule has 0 atom stereocenters. The fourth-order valence-electron chi connectivity index (χ4n) is 1.90. The summed E-state index contributed by atoms with van der Waals surface area (Å²) in [4.78, 5) is 11.3. The topological polar surface area (TPSA) is 74.5 Å². The Morgan fingerprint density at radius 1 is 1.47 bits per heavy atom. The van der Waals surface area contributed by atoms with Gasteiger partial charge in [0.1, 0.15) is 0 Å². The summed E-state index contributed by atoms with van der Waals surface area (Å²) in [5.74, 6) is -0.242. The van der Waals surface area contributed by atoms with Gasteiger partial charge in [-0.3, -0.25) is 0 Å². The maximum Gasteiger partial charge on any atom is 0.396 e. The monoisotopic (exact) mass is 240 g/mol. The highest BCUT2D eigenvalue weighted by molar-refractivity contribution is 5.83. The second-order valence-corrected chi connectivity index (χ2v) is 4.14. The Bertz CT molecular complexity index is 392. The van der Waals surface area contributed by atoms with Crippen LogP contribution in [0, 0.1) is 0 Å². The second-order valence-electron chi connectivity index (χ2n) is 4.14. The molecule has 1 aromatic heterocycles. The van der Waals surface area contributed by atoms with E-state index < -0.39 is 5.97 Å². The second kappa shape index (κ2) is 4.83. The lowest BCUT2D eigenvalue weighted by atomic mass is 9.77. The predicted octanol–water partition coefficient (Wildman–Crippen LogP) is 1.36. The van der Waals surface area contributed by atoms with Crippen molar-refractivity contribution >= 4 is 5.97 Å². The highest BCUT2D eigenvalue weighted by Crippen LogP contribution is 2.37. The first-order valence-corrected chi connectivity index (χ1v) is 5.74. The molecule has 6 nitrogen and oxygen atoms in total. The van der Waals surface area contributed by atoms with E-state index in [0.717, 1.165) is 19.3 Å². The van der Waals surface area contributed by atoms with E-state index in [0.29, 0.717) is 18.9 Å². The first kappa shape index (κ1) is 12.0. The molecule has 0 unspecified atom stereocenters. The van der Waals surface area contributed by atoms with Crippen LogP contribution in [0.3, 0.4) is 0 Å². The third kappa shape index (κ3) is 2.46. The summed E-state index contributed by atoms with van der Waals surface area (Å²) in [5, 5.41) is 7.50. The molecule has 1 fully saturated rings. The van der Waals surface area contributed by atoms with E-state index in [-0.39, 0.29) is 11.5 Å². The number of hydrogen-bond acceptors (Lipinski definition) is 6. The lowest BCUT2D eigenvalue weighted by molar-refractivity contribution is -0.0747. The average molecular weight is 240 g/mol. The number of carbonyl (C=O) groups excluding carboxylic acids is 1. The van der Waals surface area contributed by atoms with E-state index in [1.807, 2.05) is 0 Å². The minimum absolute atomic E-state index is 0.0903. The van der Waals surface area contributed by atoms with Gasteiger partial charge in [-0.25, -0.2) is 4.79 Å². The smallest absolute Gasteiger partial charge is 0.396 e. The molecule has 17 heavy (non-hydrogen) atoms. The molecular weight excluding hydrogens is 224 g/mol. The van der Waals surface area contributed by atoms with Gasteiger partial charge in [0.2, 0.25) is 5.89 Å². The molecule has 6 heteroatoms. The number of methoxy groups -OCH3 is 1. The van der Waals surface area contributed by atoms with Gasteiger partial charge < -0.3 is 13.9 Å². The number of aromatic nitrogens is 2. The van der Waals surface area contributed by atoms with Crippen molar-refractivity contribution in [2.45, 2.75) is 38.2 Å². The Balaban J connectivity index is 2.01. The zero-order chi connectivity index (χ0) is 12.3. The highest BCUT2D eigenvalue weighted by Gasteiger charge is 2.39. The minimum atomic E-state index is -0.577. The maximum atomic E-state index is 11.3. The van der Waals surface area contributed by atoms with Gasteiger partial charge in [0.25, 0.3) is 0 Å². The summed E-state index contributed by atoms with van der Waals surface area (Å²) in [6.07, 6.45) is 3.67. The number of hydrogen-bond donors (Lipinski definition) is 0. The van der Waals surface area contributed by atoms with Crippen molar-refractivity contribution in [1.29, 1.82) is 0 Å². The van der Waals surface area contributed by atoms with Crippen molar-refractivity contribution in [3.8, 4) is 0 Å². The van der Waals surface area contributed by atoms with Crippen molar-refractivity contribution in [3.63, 3.8) is 0 Å². The normalized spacial score (nSPS) is 17.5. The molecule has 0 radical (unpaired) electrons. The Morgan fingerprint density at radius 3 is 2.76 bits per heavy atom. The minimum Gasteiger partial charge on any atom is -0.459 e. The number of rotatable bonds is 5. The van der Waals surface area contributed by atoms with Gasteiger partial charge in [0.05, 0.1) is 18.6 Å². The van der Waals surface area contributed by atoms with Crippen LogP contribution in [0.5, 0.6) is 0 Å². The molecular formula is C11H16N2O4. The van der Waals surface area contributed by atoms with E-state index in [1.54, 1.807) is 14.0 Å². The fourth-order valence-corrected chi connectivity index (χ4v) is 1.90. The first-order chi connectivity index (χ1) is 8.19. The number of carbonyl (C=O) groups is 1. The molecule has 0 saturated heterocycles. The van der Waals surface area contributed by atoms with E-state index in [1.165, 1.54) is 0 Å². The molecule has 0 bridgehead atoms. The Morgan fingerprint density at radius 2 is 2.24 bits per heavy atom. The third-order valence-corrected chi connectivity index (χ3v) is 3.09. The quantitative estimate of drug-likeness (QED) is 0.723. The summed E-state index contributed by atoms with van der Waals surface area (Å²) in [6, 6.07) is 0. The van der Waals surface area contributed by atoms with Crippen LogP contribution in [-0.2, 0) is 15.9 Å². The standard InChI is InChI=1S/C11H16N2O4/c1-3-16-10(14)9-13-12-8(17-9)7-11(15-2)5-4-6-11/h3-7H2,1-2H3. The fraction of sp³-hybridized carbons (Fsp3) is 0.727. The molecule has 0 spiro atoms. The molecule has 1 aliphatic rings. The van der Waals surface area contributed by atoms with Crippen LogP contribution in [0.2, 0.25) is 0 Å². The van der Waals surface area contributed by atoms with Gasteiger partial charge >= 0.3 is 11.9 Å². The Labute approximate surface area is 99.3 Å². The first-order valence-electron chi connectivity index (χ1n) is 5.74. The number of ether oxygens (including phenoxy) is 2. The molecule has 1 aromatic rings. The molecule has 0 N–H and O–H groups in total. The van der Waals surface area contributed by atoms with Gasteiger partial charge in [-0.2, -0.15) is 0 Å². The predicted molar refractivity (Wildman–Crippen MR) is 57.5 cm³/mol. The van der Waals surface area contributed by atoms with Gasteiger partial charge in [0.15, 0.2) is 0 Å². The molecule has 94 valence electrons. The zero-order valence-electron chi connectivity index (χ0n) is 10.1. The average Bonchev–Trinajstić information content (AvgIpc) is 2.72. The maximum absolute atomic E-state index is 11.3. The van der Waals surface area contributed by atoms with E-state index in [9.17, 15) is 4.79 Å². The molecule has 1 saturated carbocycles. The summed E-state index contributed by atoms with van der Waals surface area (Å²) in [6.45, 7) is 2.02. The third-order valence-electron chi connectivity index (χ3n) is 3.09. The van der Waals surface area contributed by atoms with Gasteiger partial charge in [-0.15, -0.1) is 10.2 Å². The lowest BCUT2D eigenvalue weighted by Crippen LogP contribution is -2.41. The summed E-state index contributed by atoms with van der Waals surface area (Å²) in [7, 11) is 1.68. The van der Waals surface area contributed by atoms with Gasteiger partial charge in [-0.1, -0.05) is 0 Å². The van der Waals surface area contributed by atoms with Crippen LogP contribution in [0.1, 0.15) is 42.8 Å². The molecule has 0 amide bonds. The van der Waals surface area contributed by atoms with Crippen molar-refractivity contribution in [2.24, 2.45) is 0 Å². The van der Waals surface area contributed by atoms with Crippen LogP contribution in [0.25, 0.3) is 0 Å². The molecule has 1 aliphatic carbocycles. The molecule has 2 rings (SSSR count). The van der Waals surface area contributed by atoms with Crippen molar-refractivity contribution in [3.05, 3.63) is 11.8 Å². The van der Waals surface area contributed by atoms with Crippen molar-refractivity contribution in [2.75, 3.05) is 13.7 Å². The lowest BCUT2D eigenvalue weighted by Gasteiger charge is -2.39. The van der Waals surface area contributed by atoms with E-state index >= 15 is 0 Å². The largest absolute Gasteiger partial charge is 0.459 e. The van der Waals surface area contributed by atoms with Crippen LogP contribution in [-0.4, -0.2) is 35.5 Å². The van der Waals surface area contributed by atoms with E-state index in [4.69, 9.17) is 13.9 Å². The van der Waals surface area contributed by atoms with Crippen LogP contribution >= 0.6 is 0 Å². The zero-order valence-corrected chi connectivity index (χ0v) is 10.1. The molecule has 0 aromatic carbocycles. The van der Waals surface area contributed by atoms with E-state index in [2.05, 4.69) is 10.2 Å².